The Morgan fingerprint density at radius 2 is 1.76 bits per heavy atom. The maximum absolute atomic E-state index is 13.1. The molecule has 148 valence electrons. The van der Waals surface area contributed by atoms with Crippen LogP contribution in [-0.4, -0.2) is 26.3 Å². The molecular formula is C20H16Cl2N4O3. The van der Waals surface area contributed by atoms with E-state index in [4.69, 9.17) is 23.2 Å². The van der Waals surface area contributed by atoms with E-state index >= 15 is 0 Å². The lowest BCUT2D eigenvalue weighted by Crippen LogP contribution is -2.46. The van der Waals surface area contributed by atoms with Crippen LogP contribution in [0.15, 0.2) is 58.1 Å². The van der Waals surface area contributed by atoms with Gasteiger partial charge in [0.05, 0.1) is 12.2 Å². The van der Waals surface area contributed by atoms with Crippen LogP contribution >= 0.6 is 23.2 Å². The van der Waals surface area contributed by atoms with Gasteiger partial charge < -0.3 is 5.32 Å². The van der Waals surface area contributed by atoms with Crippen LogP contribution in [0, 0.1) is 0 Å². The van der Waals surface area contributed by atoms with Crippen molar-refractivity contribution in [3.63, 3.8) is 0 Å². The normalized spacial score (nSPS) is 13.3. The number of amides is 1. The van der Waals surface area contributed by atoms with E-state index in [0.29, 0.717) is 21.3 Å². The molecule has 0 aliphatic heterocycles. The molecule has 0 bridgehead atoms. The summed E-state index contributed by atoms with van der Waals surface area (Å²) in [5.74, 6) is -0.604. The minimum absolute atomic E-state index is 0.0385. The molecule has 9 heteroatoms. The smallest absolute Gasteiger partial charge is 0.348 e. The van der Waals surface area contributed by atoms with Crippen LogP contribution in [-0.2, 0) is 6.54 Å². The molecule has 0 radical (unpaired) electrons. The van der Waals surface area contributed by atoms with Crippen molar-refractivity contribution in [1.29, 1.82) is 0 Å². The van der Waals surface area contributed by atoms with Crippen LogP contribution in [0.4, 0.5) is 0 Å². The van der Waals surface area contributed by atoms with E-state index in [-0.39, 0.29) is 18.3 Å². The van der Waals surface area contributed by atoms with E-state index < -0.39 is 17.2 Å². The number of rotatable bonds is 5. The molecule has 1 heterocycles. The number of hydrogen-bond donors (Lipinski definition) is 1. The number of hydrogen-bond acceptors (Lipinski definition) is 4. The quantitative estimate of drug-likeness (QED) is 0.673. The molecule has 3 aromatic rings. The Hall–Kier alpha value is -2.90. The summed E-state index contributed by atoms with van der Waals surface area (Å²) in [6, 6.07) is 13.3. The van der Waals surface area contributed by atoms with E-state index in [1.54, 1.807) is 42.5 Å². The monoisotopic (exact) mass is 430 g/mol. The van der Waals surface area contributed by atoms with E-state index in [1.807, 2.05) is 0 Å². The second-order valence-corrected chi connectivity index (χ2v) is 7.66. The van der Waals surface area contributed by atoms with Gasteiger partial charge in [0, 0.05) is 16.1 Å². The highest BCUT2D eigenvalue weighted by Gasteiger charge is 2.27. The lowest BCUT2D eigenvalue weighted by molar-refractivity contribution is 0.0941. The van der Waals surface area contributed by atoms with E-state index in [9.17, 15) is 14.4 Å². The highest BCUT2D eigenvalue weighted by molar-refractivity contribution is 6.31. The Labute approximate surface area is 175 Å². The van der Waals surface area contributed by atoms with Gasteiger partial charge in [0.1, 0.15) is 0 Å². The van der Waals surface area contributed by atoms with Gasteiger partial charge in [-0.2, -0.15) is 9.78 Å². The molecule has 0 unspecified atom stereocenters. The van der Waals surface area contributed by atoms with Crippen LogP contribution in [0.2, 0.25) is 10.0 Å². The first-order chi connectivity index (χ1) is 13.9. The first-order valence-electron chi connectivity index (χ1n) is 8.98. The Morgan fingerprint density at radius 1 is 1.07 bits per heavy atom. The fraction of sp³-hybridized carbons (Fsp3) is 0.200. The number of aromatic nitrogens is 3. The molecule has 1 N–H and O–H groups in total. The Balaban J connectivity index is 1.87. The number of nitrogens with one attached hydrogen (secondary N) is 1. The third kappa shape index (κ3) is 4.26. The van der Waals surface area contributed by atoms with E-state index in [1.165, 1.54) is 6.07 Å². The van der Waals surface area contributed by atoms with Gasteiger partial charge in [-0.15, -0.1) is 0 Å². The molecule has 1 aliphatic rings. The highest BCUT2D eigenvalue weighted by atomic mass is 35.5. The summed E-state index contributed by atoms with van der Waals surface area (Å²) in [6.07, 6.45) is 1.72. The van der Waals surface area contributed by atoms with Crippen molar-refractivity contribution in [3.05, 3.63) is 90.7 Å². The number of nitrogens with zero attached hydrogens (tertiary/aromatic N) is 3. The molecule has 1 aliphatic carbocycles. The van der Waals surface area contributed by atoms with Crippen molar-refractivity contribution >= 4 is 29.1 Å². The zero-order chi connectivity index (χ0) is 20.5. The summed E-state index contributed by atoms with van der Waals surface area (Å²) in [7, 11) is 0. The Kier molecular flexibility index (Phi) is 5.25. The molecule has 29 heavy (non-hydrogen) atoms. The van der Waals surface area contributed by atoms with Gasteiger partial charge in [0.15, 0.2) is 0 Å². The SMILES string of the molecule is O=C(NC1CC1)c1nn(-c2cccc(Cl)c2)c(=O)n(Cc2cccc(Cl)c2)c1=O. The van der Waals surface area contributed by atoms with Crippen LogP contribution in [0.25, 0.3) is 5.69 Å². The second-order valence-electron chi connectivity index (χ2n) is 6.79. The molecule has 1 fully saturated rings. The van der Waals surface area contributed by atoms with Crippen molar-refractivity contribution in [2.75, 3.05) is 0 Å². The number of halogens is 2. The zero-order valence-electron chi connectivity index (χ0n) is 15.1. The molecule has 4 rings (SSSR count). The van der Waals surface area contributed by atoms with Crippen LogP contribution in [0.1, 0.15) is 28.9 Å². The van der Waals surface area contributed by atoms with Crippen LogP contribution in [0.3, 0.4) is 0 Å². The van der Waals surface area contributed by atoms with Crippen molar-refractivity contribution in [1.82, 2.24) is 19.7 Å². The van der Waals surface area contributed by atoms with E-state index in [2.05, 4.69) is 10.4 Å². The third-order valence-corrected chi connectivity index (χ3v) is 4.94. The molecule has 7 nitrogen and oxygen atoms in total. The van der Waals surface area contributed by atoms with E-state index in [0.717, 1.165) is 22.1 Å². The largest absolute Gasteiger partial charge is 0.352 e. The maximum atomic E-state index is 13.1. The minimum Gasteiger partial charge on any atom is -0.348 e. The first kappa shape index (κ1) is 19.4. The Bertz CT molecular complexity index is 1210. The lowest BCUT2D eigenvalue weighted by atomic mass is 10.2. The molecule has 1 aromatic heterocycles. The highest BCUT2D eigenvalue weighted by Crippen LogP contribution is 2.19. The summed E-state index contributed by atoms with van der Waals surface area (Å²) in [5.41, 5.74) is -0.790. The van der Waals surface area contributed by atoms with Gasteiger partial charge in [-0.05, 0) is 48.7 Å². The summed E-state index contributed by atoms with van der Waals surface area (Å²) < 4.78 is 1.99. The van der Waals surface area contributed by atoms with Crippen molar-refractivity contribution in [2.24, 2.45) is 0 Å². The van der Waals surface area contributed by atoms with Crippen molar-refractivity contribution in [3.8, 4) is 5.69 Å². The molecule has 0 saturated heterocycles. The van der Waals surface area contributed by atoms with Gasteiger partial charge in [-0.1, -0.05) is 41.4 Å². The average molecular weight is 431 g/mol. The minimum atomic E-state index is -0.758. The summed E-state index contributed by atoms with van der Waals surface area (Å²) in [6.45, 7) is -0.0506. The topological polar surface area (TPSA) is 86.0 Å². The fourth-order valence-corrected chi connectivity index (χ4v) is 3.27. The number of carbonyl (C=O) groups is 1. The summed E-state index contributed by atoms with van der Waals surface area (Å²) >= 11 is 12.1. The van der Waals surface area contributed by atoms with Crippen molar-refractivity contribution < 1.29 is 4.79 Å². The summed E-state index contributed by atoms with van der Waals surface area (Å²) in [5, 5.41) is 7.68. The predicted molar refractivity (Wildman–Crippen MR) is 110 cm³/mol. The molecule has 0 spiro atoms. The second kappa shape index (κ2) is 7.85. The van der Waals surface area contributed by atoms with Gasteiger partial charge in [0.2, 0.25) is 5.69 Å². The van der Waals surface area contributed by atoms with Crippen LogP contribution < -0.4 is 16.6 Å². The molecule has 1 amide bonds. The fourth-order valence-electron chi connectivity index (χ4n) is 2.87. The van der Waals surface area contributed by atoms with Crippen LogP contribution in [0.5, 0.6) is 0 Å². The van der Waals surface area contributed by atoms with Gasteiger partial charge >= 0.3 is 5.69 Å². The standard InChI is InChI=1S/C20H16Cl2N4O3/c21-13-4-1-3-12(9-13)11-25-19(28)17(18(27)23-15-7-8-15)24-26(20(25)29)16-6-2-5-14(22)10-16/h1-6,9-10,15H,7-8,11H2,(H,23,27). The molecular weight excluding hydrogens is 415 g/mol. The molecule has 2 aromatic carbocycles. The lowest BCUT2D eigenvalue weighted by Gasteiger charge is -2.12. The third-order valence-electron chi connectivity index (χ3n) is 4.47. The molecule has 0 atom stereocenters. The van der Waals surface area contributed by atoms with Gasteiger partial charge in [-0.3, -0.25) is 14.2 Å². The summed E-state index contributed by atoms with van der Waals surface area (Å²) in [4.78, 5) is 38.6. The number of benzene rings is 2. The predicted octanol–water partition coefficient (Wildman–Crippen LogP) is 2.64. The van der Waals surface area contributed by atoms with Crippen molar-refractivity contribution in [2.45, 2.75) is 25.4 Å². The first-order valence-corrected chi connectivity index (χ1v) is 9.73. The number of carbonyl (C=O) groups excluding carboxylic acids is 1. The van der Waals surface area contributed by atoms with Gasteiger partial charge in [0.25, 0.3) is 11.5 Å². The maximum Gasteiger partial charge on any atom is 0.352 e. The zero-order valence-corrected chi connectivity index (χ0v) is 16.7. The molecule has 1 saturated carbocycles. The average Bonchev–Trinajstić information content (AvgIpc) is 3.49. The Morgan fingerprint density at radius 3 is 2.41 bits per heavy atom. The van der Waals surface area contributed by atoms with Gasteiger partial charge in [-0.25, -0.2) is 4.79 Å².